The minimum atomic E-state index is -0.0340. The maximum absolute atomic E-state index is 7.70. The van der Waals surface area contributed by atoms with Crippen LogP contribution in [-0.2, 0) is 7.05 Å². The summed E-state index contributed by atoms with van der Waals surface area (Å²) in [5.41, 5.74) is 9.13. The van der Waals surface area contributed by atoms with Crippen molar-refractivity contribution < 1.29 is 4.74 Å². The van der Waals surface area contributed by atoms with Crippen LogP contribution in [0.15, 0.2) is 18.2 Å². The summed E-state index contributed by atoms with van der Waals surface area (Å²) in [4.78, 5) is 0. The van der Waals surface area contributed by atoms with Gasteiger partial charge in [-0.15, -0.1) is 0 Å². The molecule has 0 aliphatic rings. The predicted molar refractivity (Wildman–Crippen MR) is 84.3 cm³/mol. The Balaban J connectivity index is 2.48. The number of benzene rings is 1. The van der Waals surface area contributed by atoms with Crippen LogP contribution < -0.4 is 10.5 Å². The lowest BCUT2D eigenvalue weighted by molar-refractivity contribution is 0.426. The number of hydrogen-bond acceptors (Lipinski definition) is 3. The quantitative estimate of drug-likeness (QED) is 0.669. The summed E-state index contributed by atoms with van der Waals surface area (Å²) in [7, 11) is 1.79. The Morgan fingerprint density at radius 1 is 1.33 bits per heavy atom. The van der Waals surface area contributed by atoms with Crippen molar-refractivity contribution in [3.63, 3.8) is 0 Å². The van der Waals surface area contributed by atoms with E-state index >= 15 is 0 Å². The molecule has 2 rings (SSSR count). The van der Waals surface area contributed by atoms with Gasteiger partial charge in [0.15, 0.2) is 0 Å². The summed E-state index contributed by atoms with van der Waals surface area (Å²) < 4.78 is 7.64. The molecule has 0 saturated heterocycles. The van der Waals surface area contributed by atoms with Gasteiger partial charge in [-0.2, -0.15) is 5.10 Å². The molecule has 0 saturated carbocycles. The number of nitrogens with zero attached hydrogens (tertiary/aromatic N) is 2. The fraction of sp³-hybridized carbons (Fsp3) is 0.375. The van der Waals surface area contributed by atoms with E-state index in [1.165, 1.54) is 5.56 Å². The van der Waals surface area contributed by atoms with E-state index < -0.39 is 0 Å². The number of ether oxygens (including phenoxy) is 1. The van der Waals surface area contributed by atoms with E-state index in [1.54, 1.807) is 11.7 Å². The first kappa shape index (κ1) is 15.1. The molecule has 0 atom stereocenters. The topological polar surface area (TPSA) is 76.9 Å². The molecular formula is C16H22N4O. The molecule has 3 N–H and O–H groups in total. The number of aromatic nitrogens is 2. The highest BCUT2D eigenvalue weighted by molar-refractivity contribution is 5.98. The Bertz CT molecular complexity index is 686. The van der Waals surface area contributed by atoms with E-state index in [0.717, 1.165) is 11.3 Å². The Morgan fingerprint density at radius 3 is 2.57 bits per heavy atom. The minimum absolute atomic E-state index is 0.0340. The lowest BCUT2D eigenvalue weighted by atomic mass is 10.0. The molecule has 0 aliphatic heterocycles. The number of amidine groups is 1. The normalized spacial score (nSPS) is 11.0. The van der Waals surface area contributed by atoms with Crippen LogP contribution in [0, 0.1) is 19.3 Å². The fourth-order valence-electron chi connectivity index (χ4n) is 2.25. The van der Waals surface area contributed by atoms with Gasteiger partial charge in [0, 0.05) is 7.05 Å². The molecule has 0 amide bonds. The lowest BCUT2D eigenvalue weighted by Gasteiger charge is -2.13. The zero-order chi connectivity index (χ0) is 15.7. The monoisotopic (exact) mass is 286 g/mol. The Labute approximate surface area is 125 Å². The molecule has 0 unspecified atom stereocenters. The molecule has 112 valence electrons. The molecule has 0 radical (unpaired) electrons. The summed E-state index contributed by atoms with van der Waals surface area (Å²) in [6.45, 7) is 8.10. The molecule has 21 heavy (non-hydrogen) atoms. The molecule has 5 nitrogen and oxygen atoms in total. The van der Waals surface area contributed by atoms with Gasteiger partial charge in [0.25, 0.3) is 0 Å². The number of hydrogen-bond donors (Lipinski definition) is 2. The molecule has 0 spiro atoms. The molecular weight excluding hydrogens is 264 g/mol. The third kappa shape index (κ3) is 2.91. The van der Waals surface area contributed by atoms with E-state index in [4.69, 9.17) is 15.9 Å². The van der Waals surface area contributed by atoms with Crippen LogP contribution in [0.2, 0.25) is 0 Å². The average molecular weight is 286 g/mol. The average Bonchev–Trinajstić information content (AvgIpc) is 2.66. The van der Waals surface area contributed by atoms with Crippen LogP contribution in [0.3, 0.4) is 0 Å². The van der Waals surface area contributed by atoms with Crippen LogP contribution >= 0.6 is 0 Å². The zero-order valence-corrected chi connectivity index (χ0v) is 13.2. The van der Waals surface area contributed by atoms with Gasteiger partial charge >= 0.3 is 0 Å². The Morgan fingerprint density at radius 2 is 2.00 bits per heavy atom. The second kappa shape index (κ2) is 5.60. The van der Waals surface area contributed by atoms with E-state index in [9.17, 15) is 0 Å². The zero-order valence-electron chi connectivity index (χ0n) is 13.2. The first-order valence-electron chi connectivity index (χ1n) is 6.97. The van der Waals surface area contributed by atoms with Crippen molar-refractivity contribution >= 4 is 5.84 Å². The summed E-state index contributed by atoms with van der Waals surface area (Å²) >= 11 is 0. The van der Waals surface area contributed by atoms with Gasteiger partial charge < -0.3 is 10.5 Å². The van der Waals surface area contributed by atoms with Gasteiger partial charge in [-0.1, -0.05) is 26.0 Å². The third-order valence-electron chi connectivity index (χ3n) is 3.52. The molecule has 0 fully saturated rings. The molecule has 0 aliphatic carbocycles. The van der Waals surface area contributed by atoms with Gasteiger partial charge in [0.05, 0.1) is 5.69 Å². The van der Waals surface area contributed by atoms with Gasteiger partial charge in [0.2, 0.25) is 5.88 Å². The SMILES string of the molecule is Cc1ccc(C(C)C)cc1Oc1c(C(=N)N)c(C)nn1C. The minimum Gasteiger partial charge on any atom is -0.438 e. The number of nitrogen functional groups attached to an aromatic ring is 1. The molecule has 0 bridgehead atoms. The van der Waals surface area contributed by atoms with E-state index in [2.05, 4.69) is 25.0 Å². The smallest absolute Gasteiger partial charge is 0.228 e. The van der Waals surface area contributed by atoms with Crippen LogP contribution in [0.1, 0.15) is 42.1 Å². The number of rotatable bonds is 4. The summed E-state index contributed by atoms with van der Waals surface area (Å²) in [5, 5.41) is 12.0. The highest BCUT2D eigenvalue weighted by atomic mass is 16.5. The second-order valence-corrected chi connectivity index (χ2v) is 5.58. The first-order chi connectivity index (χ1) is 9.81. The van der Waals surface area contributed by atoms with Crippen molar-refractivity contribution in [3.8, 4) is 11.6 Å². The number of nitrogens with one attached hydrogen (secondary N) is 1. The van der Waals surface area contributed by atoms with Crippen molar-refractivity contribution in [3.05, 3.63) is 40.6 Å². The molecule has 5 heteroatoms. The largest absolute Gasteiger partial charge is 0.438 e. The van der Waals surface area contributed by atoms with Gasteiger partial charge in [-0.3, -0.25) is 5.41 Å². The van der Waals surface area contributed by atoms with Crippen molar-refractivity contribution in [2.75, 3.05) is 0 Å². The summed E-state index contributed by atoms with van der Waals surface area (Å²) in [6, 6.07) is 6.18. The Kier molecular flexibility index (Phi) is 4.02. The Hall–Kier alpha value is -2.30. The standard InChI is InChI=1S/C16H22N4O/c1-9(2)12-7-6-10(3)13(8-12)21-16-14(15(17)18)11(4)19-20(16)5/h6-9H,1-5H3,(H3,17,18). The molecule has 1 heterocycles. The number of nitrogens with two attached hydrogens (primary N) is 1. The maximum atomic E-state index is 7.70. The van der Waals surface area contributed by atoms with E-state index in [1.807, 2.05) is 26.0 Å². The van der Waals surface area contributed by atoms with Gasteiger partial charge in [-0.05, 0) is 37.0 Å². The fourth-order valence-corrected chi connectivity index (χ4v) is 2.25. The van der Waals surface area contributed by atoms with E-state index in [-0.39, 0.29) is 5.84 Å². The predicted octanol–water partition coefficient (Wildman–Crippen LogP) is 3.24. The van der Waals surface area contributed by atoms with Crippen molar-refractivity contribution in [2.45, 2.75) is 33.6 Å². The molecule has 2 aromatic rings. The third-order valence-corrected chi connectivity index (χ3v) is 3.52. The van der Waals surface area contributed by atoms with Crippen molar-refractivity contribution in [2.24, 2.45) is 12.8 Å². The van der Waals surface area contributed by atoms with Crippen LogP contribution in [0.5, 0.6) is 11.6 Å². The lowest BCUT2D eigenvalue weighted by Crippen LogP contribution is -2.13. The summed E-state index contributed by atoms with van der Waals surface area (Å²) in [6.07, 6.45) is 0. The molecule has 1 aromatic heterocycles. The van der Waals surface area contributed by atoms with Crippen LogP contribution in [0.4, 0.5) is 0 Å². The van der Waals surface area contributed by atoms with Gasteiger partial charge in [-0.25, -0.2) is 4.68 Å². The second-order valence-electron chi connectivity index (χ2n) is 5.58. The van der Waals surface area contributed by atoms with Crippen molar-refractivity contribution in [1.29, 1.82) is 5.41 Å². The number of aryl methyl sites for hydroxylation is 3. The van der Waals surface area contributed by atoms with E-state index in [0.29, 0.717) is 23.1 Å². The highest BCUT2D eigenvalue weighted by Crippen LogP contribution is 2.31. The van der Waals surface area contributed by atoms with Crippen molar-refractivity contribution in [1.82, 2.24) is 9.78 Å². The molecule has 1 aromatic carbocycles. The van der Waals surface area contributed by atoms with Crippen LogP contribution in [-0.4, -0.2) is 15.6 Å². The highest BCUT2D eigenvalue weighted by Gasteiger charge is 2.19. The summed E-state index contributed by atoms with van der Waals surface area (Å²) in [5.74, 6) is 1.66. The van der Waals surface area contributed by atoms with Crippen LogP contribution in [0.25, 0.3) is 0 Å². The first-order valence-corrected chi connectivity index (χ1v) is 6.97. The maximum Gasteiger partial charge on any atom is 0.228 e. The van der Waals surface area contributed by atoms with Gasteiger partial charge in [0.1, 0.15) is 17.1 Å².